The zero-order valence-electron chi connectivity index (χ0n) is 16.9. The van der Waals surface area contributed by atoms with E-state index in [1.54, 1.807) is 48.5 Å². The lowest BCUT2D eigenvalue weighted by Crippen LogP contribution is -2.22. The van der Waals surface area contributed by atoms with E-state index in [2.05, 4.69) is 12.2 Å². The molecule has 1 amide bonds. The van der Waals surface area contributed by atoms with Crippen LogP contribution in [0, 0.1) is 0 Å². The molecule has 0 aliphatic rings. The highest BCUT2D eigenvalue weighted by Gasteiger charge is 2.19. The highest BCUT2D eigenvalue weighted by molar-refractivity contribution is 6.30. The first-order chi connectivity index (χ1) is 15.0. The molecule has 1 heterocycles. The Morgan fingerprint density at radius 1 is 1.00 bits per heavy atom. The van der Waals surface area contributed by atoms with E-state index in [-0.39, 0.29) is 29.5 Å². The van der Waals surface area contributed by atoms with Crippen molar-refractivity contribution >= 4 is 34.2 Å². The summed E-state index contributed by atoms with van der Waals surface area (Å²) in [5, 5.41) is 3.71. The number of anilines is 1. The third kappa shape index (κ3) is 4.62. The summed E-state index contributed by atoms with van der Waals surface area (Å²) in [6.45, 7) is 1.73. The molecule has 4 rings (SSSR count). The van der Waals surface area contributed by atoms with Crippen LogP contribution in [0.25, 0.3) is 22.3 Å². The average Bonchev–Trinajstić information content (AvgIpc) is 2.79. The number of para-hydroxylation sites is 1. The van der Waals surface area contributed by atoms with Gasteiger partial charge in [-0.2, -0.15) is 0 Å². The topological polar surface area (TPSA) is 68.5 Å². The van der Waals surface area contributed by atoms with Crippen molar-refractivity contribution in [2.24, 2.45) is 0 Å². The van der Waals surface area contributed by atoms with Crippen molar-refractivity contribution in [2.45, 2.75) is 13.3 Å². The molecule has 0 saturated heterocycles. The number of hydrogen-bond acceptors (Lipinski definition) is 4. The first-order valence-corrected chi connectivity index (χ1v) is 10.3. The van der Waals surface area contributed by atoms with Crippen molar-refractivity contribution in [3.63, 3.8) is 0 Å². The fraction of sp³-hybridized carbons (Fsp3) is 0.120. The number of halogens is 1. The zero-order valence-corrected chi connectivity index (χ0v) is 17.6. The van der Waals surface area contributed by atoms with E-state index in [1.807, 2.05) is 24.3 Å². The van der Waals surface area contributed by atoms with Gasteiger partial charge in [0.05, 0.1) is 5.39 Å². The lowest BCUT2D eigenvalue weighted by molar-refractivity contribution is -0.118. The number of benzene rings is 3. The van der Waals surface area contributed by atoms with Gasteiger partial charge < -0.3 is 14.5 Å². The standard InChI is InChI=1S/C25H20ClNO4/c1-2-16-7-13-19(14-8-16)27-22(28)15-30-25-23(29)20-5-3-4-6-21(20)31-24(25)17-9-11-18(26)12-10-17/h3-14H,2,15H2,1H3,(H,27,28). The zero-order chi connectivity index (χ0) is 21.8. The van der Waals surface area contributed by atoms with Gasteiger partial charge in [0.2, 0.25) is 11.2 Å². The highest BCUT2D eigenvalue weighted by atomic mass is 35.5. The normalized spacial score (nSPS) is 10.8. The number of fused-ring (bicyclic) bond motifs is 1. The van der Waals surface area contributed by atoms with Crippen LogP contribution in [0.3, 0.4) is 0 Å². The summed E-state index contributed by atoms with van der Waals surface area (Å²) >= 11 is 5.99. The molecule has 0 aliphatic heterocycles. The van der Waals surface area contributed by atoms with Crippen LogP contribution < -0.4 is 15.5 Å². The maximum absolute atomic E-state index is 13.1. The molecule has 31 heavy (non-hydrogen) atoms. The number of carbonyl (C=O) groups excluding carboxylic acids is 1. The number of ether oxygens (including phenoxy) is 1. The molecule has 0 spiro atoms. The van der Waals surface area contributed by atoms with Gasteiger partial charge in [-0.05, 0) is 60.5 Å². The number of hydrogen-bond donors (Lipinski definition) is 1. The Bertz CT molecular complexity index is 1280. The fourth-order valence-corrected chi connectivity index (χ4v) is 3.33. The van der Waals surface area contributed by atoms with Crippen molar-refractivity contribution in [1.82, 2.24) is 0 Å². The smallest absolute Gasteiger partial charge is 0.262 e. The number of carbonyl (C=O) groups is 1. The van der Waals surface area contributed by atoms with Crippen molar-refractivity contribution in [1.29, 1.82) is 0 Å². The molecule has 0 saturated carbocycles. The molecule has 0 radical (unpaired) electrons. The Morgan fingerprint density at radius 2 is 1.71 bits per heavy atom. The summed E-state index contributed by atoms with van der Waals surface area (Å²) in [6, 6.07) is 21.3. The maximum Gasteiger partial charge on any atom is 0.262 e. The van der Waals surface area contributed by atoms with E-state index in [9.17, 15) is 9.59 Å². The van der Waals surface area contributed by atoms with Crippen LogP contribution >= 0.6 is 11.6 Å². The second-order valence-electron chi connectivity index (χ2n) is 6.98. The summed E-state index contributed by atoms with van der Waals surface area (Å²) in [4.78, 5) is 25.5. The van der Waals surface area contributed by atoms with Gasteiger partial charge >= 0.3 is 0 Å². The minimum atomic E-state index is -0.376. The van der Waals surface area contributed by atoms with Crippen LogP contribution in [0.5, 0.6) is 5.75 Å². The molecular formula is C25H20ClNO4. The van der Waals surface area contributed by atoms with E-state index in [1.165, 1.54) is 5.56 Å². The summed E-state index contributed by atoms with van der Waals surface area (Å²) in [6.07, 6.45) is 0.919. The lowest BCUT2D eigenvalue weighted by Gasteiger charge is -2.12. The molecule has 6 heteroatoms. The van der Waals surface area contributed by atoms with Gasteiger partial charge in [-0.25, -0.2) is 0 Å². The van der Waals surface area contributed by atoms with Gasteiger partial charge in [-0.3, -0.25) is 9.59 Å². The van der Waals surface area contributed by atoms with Crippen molar-refractivity contribution in [2.75, 3.05) is 11.9 Å². The second kappa shape index (κ2) is 9.06. The monoisotopic (exact) mass is 433 g/mol. The molecule has 0 atom stereocenters. The largest absolute Gasteiger partial charge is 0.476 e. The minimum Gasteiger partial charge on any atom is -0.476 e. The second-order valence-corrected chi connectivity index (χ2v) is 7.42. The van der Waals surface area contributed by atoms with Crippen LogP contribution in [-0.4, -0.2) is 12.5 Å². The molecule has 0 fully saturated rings. The van der Waals surface area contributed by atoms with Gasteiger partial charge in [0, 0.05) is 16.3 Å². The predicted octanol–water partition coefficient (Wildman–Crippen LogP) is 5.69. The molecule has 0 aliphatic carbocycles. The van der Waals surface area contributed by atoms with Gasteiger partial charge in [-0.15, -0.1) is 0 Å². The number of nitrogens with one attached hydrogen (secondary N) is 1. The van der Waals surface area contributed by atoms with E-state index >= 15 is 0 Å². The molecule has 1 aromatic heterocycles. The SMILES string of the molecule is CCc1ccc(NC(=O)COc2c(-c3ccc(Cl)cc3)oc3ccccc3c2=O)cc1. The first kappa shape index (κ1) is 20.7. The first-order valence-electron chi connectivity index (χ1n) is 9.88. The predicted molar refractivity (Wildman–Crippen MR) is 123 cm³/mol. The average molecular weight is 434 g/mol. The summed E-state index contributed by atoms with van der Waals surface area (Å²) in [5.74, 6) is -0.142. The quantitative estimate of drug-likeness (QED) is 0.424. The van der Waals surface area contributed by atoms with E-state index < -0.39 is 0 Å². The van der Waals surface area contributed by atoms with E-state index in [0.717, 1.165) is 6.42 Å². The Morgan fingerprint density at radius 3 is 2.42 bits per heavy atom. The molecule has 3 aromatic carbocycles. The van der Waals surface area contributed by atoms with E-state index in [4.69, 9.17) is 20.8 Å². The van der Waals surface area contributed by atoms with Crippen LogP contribution in [0.15, 0.2) is 82.0 Å². The number of aryl methyl sites for hydroxylation is 1. The number of amides is 1. The van der Waals surface area contributed by atoms with Crippen molar-refractivity contribution in [3.05, 3.63) is 93.6 Å². The molecule has 0 bridgehead atoms. The molecule has 5 nitrogen and oxygen atoms in total. The third-order valence-corrected chi connectivity index (χ3v) is 5.11. The molecular weight excluding hydrogens is 414 g/mol. The Kier molecular flexibility index (Phi) is 6.05. The van der Waals surface area contributed by atoms with Gasteiger partial charge in [0.1, 0.15) is 5.58 Å². The highest BCUT2D eigenvalue weighted by Crippen LogP contribution is 2.31. The Balaban J connectivity index is 1.63. The van der Waals surface area contributed by atoms with Crippen LogP contribution in [0.4, 0.5) is 5.69 Å². The Hall–Kier alpha value is -3.57. The molecule has 4 aromatic rings. The Labute approximate surface area is 184 Å². The van der Waals surface area contributed by atoms with Gasteiger partial charge in [0.15, 0.2) is 12.4 Å². The van der Waals surface area contributed by atoms with Crippen LogP contribution in [-0.2, 0) is 11.2 Å². The van der Waals surface area contributed by atoms with Gasteiger partial charge in [0.25, 0.3) is 5.91 Å². The summed E-state index contributed by atoms with van der Waals surface area (Å²) in [7, 11) is 0. The fourth-order valence-electron chi connectivity index (χ4n) is 3.21. The van der Waals surface area contributed by atoms with E-state index in [0.29, 0.717) is 27.2 Å². The van der Waals surface area contributed by atoms with Crippen LogP contribution in [0.1, 0.15) is 12.5 Å². The molecule has 1 N–H and O–H groups in total. The maximum atomic E-state index is 13.1. The lowest BCUT2D eigenvalue weighted by atomic mass is 10.1. The van der Waals surface area contributed by atoms with Crippen molar-refractivity contribution in [3.8, 4) is 17.1 Å². The van der Waals surface area contributed by atoms with Gasteiger partial charge in [-0.1, -0.05) is 42.8 Å². The third-order valence-electron chi connectivity index (χ3n) is 4.86. The molecule has 156 valence electrons. The summed E-state index contributed by atoms with van der Waals surface area (Å²) < 4.78 is 11.7. The van der Waals surface area contributed by atoms with Crippen LogP contribution in [0.2, 0.25) is 5.02 Å². The van der Waals surface area contributed by atoms with Crippen molar-refractivity contribution < 1.29 is 13.9 Å². The minimum absolute atomic E-state index is 0.0162. The number of rotatable bonds is 6. The summed E-state index contributed by atoms with van der Waals surface area (Å²) in [5.41, 5.74) is 2.56. The molecule has 0 unspecified atom stereocenters.